The summed E-state index contributed by atoms with van der Waals surface area (Å²) in [5.41, 5.74) is 3.04. The van der Waals surface area contributed by atoms with Crippen molar-refractivity contribution in [1.82, 2.24) is 14.7 Å². The van der Waals surface area contributed by atoms with Crippen LogP contribution < -0.4 is 4.90 Å². The second kappa shape index (κ2) is 8.70. The molecule has 7 heteroatoms. The molecule has 0 aromatic heterocycles. The zero-order chi connectivity index (χ0) is 22.2. The average Bonchev–Trinajstić information content (AvgIpc) is 3.28. The molecule has 2 fully saturated rings. The van der Waals surface area contributed by atoms with Gasteiger partial charge in [-0.2, -0.15) is 0 Å². The molecule has 2 atom stereocenters. The number of carbonyl (C=O) groups is 1. The van der Waals surface area contributed by atoms with Crippen LogP contribution in [0.4, 0.5) is 25.0 Å². The Morgan fingerprint density at radius 2 is 1.69 bits per heavy atom. The summed E-state index contributed by atoms with van der Waals surface area (Å²) in [6, 6.07) is 12.1. The second-order valence-electron chi connectivity index (χ2n) is 9.21. The topological polar surface area (TPSA) is 30.0 Å². The van der Waals surface area contributed by atoms with Gasteiger partial charge in [-0.3, -0.25) is 0 Å². The summed E-state index contributed by atoms with van der Waals surface area (Å²) in [6.07, 6.45) is 3.02. The third-order valence-electron chi connectivity index (χ3n) is 7.20. The molecule has 2 amide bonds. The van der Waals surface area contributed by atoms with Crippen molar-refractivity contribution < 1.29 is 13.6 Å². The highest BCUT2D eigenvalue weighted by atomic mass is 19.1. The maximum absolute atomic E-state index is 14.1. The standard InChI is InChI=1S/C25H30F2N4O/c1-28-14-15-30(25(28)32)12-3-2-11-29-13-10-24-22(17-29)21-16-19(27)6-9-23(21)31(24)20-7-4-18(26)5-8-20/h4-9,16,22,24H,2-3,10-15,17H2,1H3. The molecule has 0 bridgehead atoms. The van der Waals surface area contributed by atoms with Crippen molar-refractivity contribution in [3.63, 3.8) is 0 Å². The first-order valence-corrected chi connectivity index (χ1v) is 11.6. The number of hydrogen-bond donors (Lipinski definition) is 0. The van der Waals surface area contributed by atoms with Gasteiger partial charge in [-0.1, -0.05) is 0 Å². The molecule has 3 heterocycles. The van der Waals surface area contributed by atoms with Crippen molar-refractivity contribution in [1.29, 1.82) is 0 Å². The van der Waals surface area contributed by atoms with E-state index in [0.717, 1.165) is 75.5 Å². The van der Waals surface area contributed by atoms with Gasteiger partial charge in [0.1, 0.15) is 11.6 Å². The number of carbonyl (C=O) groups excluding carboxylic acids is 1. The number of likely N-dealkylation sites (N-methyl/N-ethyl adjacent to an activating group) is 1. The second-order valence-corrected chi connectivity index (χ2v) is 9.21. The molecule has 2 aromatic rings. The number of rotatable bonds is 6. The number of halogens is 2. The largest absolute Gasteiger partial charge is 0.337 e. The molecule has 3 aliphatic heterocycles. The Bertz CT molecular complexity index is 982. The van der Waals surface area contributed by atoms with E-state index < -0.39 is 0 Å². The number of hydrogen-bond acceptors (Lipinski definition) is 3. The van der Waals surface area contributed by atoms with Crippen LogP contribution in [-0.2, 0) is 0 Å². The first-order chi connectivity index (χ1) is 15.5. The summed E-state index contributed by atoms with van der Waals surface area (Å²) < 4.78 is 27.6. The van der Waals surface area contributed by atoms with E-state index in [0.29, 0.717) is 0 Å². The van der Waals surface area contributed by atoms with Crippen LogP contribution in [0.3, 0.4) is 0 Å². The highest BCUT2D eigenvalue weighted by molar-refractivity contribution is 5.76. The van der Waals surface area contributed by atoms with E-state index in [2.05, 4.69) is 9.80 Å². The van der Waals surface area contributed by atoms with Crippen LogP contribution in [0, 0.1) is 11.6 Å². The zero-order valence-corrected chi connectivity index (χ0v) is 18.5. The predicted molar refractivity (Wildman–Crippen MR) is 121 cm³/mol. The van der Waals surface area contributed by atoms with Gasteiger partial charge in [0, 0.05) is 63.1 Å². The van der Waals surface area contributed by atoms with Crippen molar-refractivity contribution in [3.8, 4) is 0 Å². The smallest absolute Gasteiger partial charge is 0.319 e. The Labute approximate surface area is 188 Å². The molecule has 0 saturated carbocycles. The third-order valence-corrected chi connectivity index (χ3v) is 7.20. The number of fused-ring (bicyclic) bond motifs is 3. The summed E-state index contributed by atoms with van der Waals surface area (Å²) in [4.78, 5) is 20.5. The fraction of sp³-hybridized carbons (Fsp3) is 0.480. The quantitative estimate of drug-likeness (QED) is 0.623. The molecular weight excluding hydrogens is 410 g/mol. The number of piperidine rings is 1. The normalized spacial score (nSPS) is 23.1. The fourth-order valence-electron chi connectivity index (χ4n) is 5.53. The van der Waals surface area contributed by atoms with E-state index in [1.807, 2.05) is 30.1 Å². The van der Waals surface area contributed by atoms with Gasteiger partial charge >= 0.3 is 6.03 Å². The molecule has 32 heavy (non-hydrogen) atoms. The fourth-order valence-corrected chi connectivity index (χ4v) is 5.53. The highest BCUT2D eigenvalue weighted by Gasteiger charge is 2.42. The van der Waals surface area contributed by atoms with E-state index in [4.69, 9.17) is 0 Å². The van der Waals surface area contributed by atoms with Crippen LogP contribution >= 0.6 is 0 Å². The van der Waals surface area contributed by atoms with Gasteiger partial charge in [-0.25, -0.2) is 13.6 Å². The van der Waals surface area contributed by atoms with E-state index in [1.165, 1.54) is 18.2 Å². The Balaban J connectivity index is 1.24. The van der Waals surface area contributed by atoms with E-state index >= 15 is 0 Å². The van der Waals surface area contributed by atoms with E-state index in [1.54, 1.807) is 11.0 Å². The van der Waals surface area contributed by atoms with Gasteiger partial charge in [-0.15, -0.1) is 0 Å². The molecular formula is C25H30F2N4O. The van der Waals surface area contributed by atoms with Crippen molar-refractivity contribution in [2.75, 3.05) is 51.2 Å². The van der Waals surface area contributed by atoms with Crippen LogP contribution in [0.5, 0.6) is 0 Å². The molecule has 0 spiro atoms. The van der Waals surface area contributed by atoms with E-state index in [-0.39, 0.29) is 29.6 Å². The Morgan fingerprint density at radius 1 is 0.938 bits per heavy atom. The average molecular weight is 441 g/mol. The molecule has 3 aliphatic rings. The Morgan fingerprint density at radius 3 is 2.44 bits per heavy atom. The molecule has 2 aromatic carbocycles. The number of likely N-dealkylation sites (tertiary alicyclic amines) is 1. The molecule has 0 N–H and O–H groups in total. The van der Waals surface area contributed by atoms with Crippen LogP contribution in [0.2, 0.25) is 0 Å². The number of urea groups is 1. The van der Waals surface area contributed by atoms with Crippen molar-refractivity contribution >= 4 is 17.4 Å². The van der Waals surface area contributed by atoms with Crippen LogP contribution in [-0.4, -0.2) is 73.1 Å². The number of nitrogens with zero attached hydrogens (tertiary/aromatic N) is 4. The van der Waals surface area contributed by atoms with Crippen molar-refractivity contribution in [3.05, 3.63) is 59.7 Å². The lowest BCUT2D eigenvalue weighted by Gasteiger charge is -2.39. The molecule has 2 saturated heterocycles. The van der Waals surface area contributed by atoms with Crippen LogP contribution in [0.1, 0.15) is 30.7 Å². The summed E-state index contributed by atoms with van der Waals surface area (Å²) in [6.45, 7) is 5.32. The molecule has 0 radical (unpaired) electrons. The van der Waals surface area contributed by atoms with Gasteiger partial charge in [0.25, 0.3) is 0 Å². The molecule has 2 unspecified atom stereocenters. The van der Waals surface area contributed by atoms with Crippen molar-refractivity contribution in [2.24, 2.45) is 0 Å². The number of benzene rings is 2. The van der Waals surface area contributed by atoms with Gasteiger partial charge in [0.15, 0.2) is 0 Å². The minimum atomic E-state index is -0.249. The maximum atomic E-state index is 14.1. The van der Waals surface area contributed by atoms with Gasteiger partial charge < -0.3 is 19.6 Å². The molecule has 170 valence electrons. The number of amides is 2. The number of anilines is 2. The lowest BCUT2D eigenvalue weighted by atomic mass is 9.89. The monoisotopic (exact) mass is 440 g/mol. The Hall–Kier alpha value is -2.67. The number of unbranched alkanes of at least 4 members (excludes halogenated alkanes) is 1. The van der Waals surface area contributed by atoms with Gasteiger partial charge in [0.05, 0.1) is 0 Å². The summed E-state index contributed by atoms with van der Waals surface area (Å²) in [5.74, 6) is -0.227. The summed E-state index contributed by atoms with van der Waals surface area (Å²) in [5, 5.41) is 0. The van der Waals surface area contributed by atoms with Gasteiger partial charge in [-0.05, 0) is 73.8 Å². The lowest BCUT2D eigenvalue weighted by molar-refractivity contribution is 0.185. The third kappa shape index (κ3) is 3.94. The van der Waals surface area contributed by atoms with Crippen molar-refractivity contribution in [2.45, 2.75) is 31.2 Å². The highest BCUT2D eigenvalue weighted by Crippen LogP contribution is 2.48. The van der Waals surface area contributed by atoms with Crippen LogP contribution in [0.15, 0.2) is 42.5 Å². The van der Waals surface area contributed by atoms with Gasteiger partial charge in [0.2, 0.25) is 0 Å². The lowest BCUT2D eigenvalue weighted by Crippen LogP contribution is -2.45. The summed E-state index contributed by atoms with van der Waals surface area (Å²) in [7, 11) is 1.85. The zero-order valence-electron chi connectivity index (χ0n) is 18.5. The SMILES string of the molecule is CN1CCN(CCCCN2CCC3C(C2)c2cc(F)ccc2N3c2ccc(F)cc2)C1=O. The minimum absolute atomic E-state index is 0.135. The van der Waals surface area contributed by atoms with Crippen LogP contribution in [0.25, 0.3) is 0 Å². The summed E-state index contributed by atoms with van der Waals surface area (Å²) >= 11 is 0. The maximum Gasteiger partial charge on any atom is 0.319 e. The molecule has 0 aliphatic carbocycles. The molecule has 5 nitrogen and oxygen atoms in total. The first-order valence-electron chi connectivity index (χ1n) is 11.6. The molecule has 5 rings (SSSR count). The minimum Gasteiger partial charge on any atom is -0.337 e. The predicted octanol–water partition coefficient (Wildman–Crippen LogP) is 4.42. The Kier molecular flexibility index (Phi) is 5.76. The van der Waals surface area contributed by atoms with E-state index in [9.17, 15) is 13.6 Å². The first kappa shape index (κ1) is 21.2.